The summed E-state index contributed by atoms with van der Waals surface area (Å²) in [7, 11) is 0. The van der Waals surface area contributed by atoms with E-state index in [-0.39, 0.29) is 0 Å². The average molecular weight is 278 g/mol. The van der Waals surface area contributed by atoms with Crippen LogP contribution in [0.15, 0.2) is 18.2 Å². The van der Waals surface area contributed by atoms with Gasteiger partial charge in [0.1, 0.15) is 0 Å². The summed E-state index contributed by atoms with van der Waals surface area (Å²) in [5.41, 5.74) is 2.39. The van der Waals surface area contributed by atoms with Crippen LogP contribution >= 0.6 is 0 Å². The summed E-state index contributed by atoms with van der Waals surface area (Å²) < 4.78 is 5.66. The summed E-state index contributed by atoms with van der Waals surface area (Å²) >= 11 is 0. The lowest BCUT2D eigenvalue weighted by Gasteiger charge is -2.08. The van der Waals surface area contributed by atoms with Crippen LogP contribution in [0.4, 0.5) is 0 Å². The first-order valence-electron chi connectivity index (χ1n) is 7.55. The van der Waals surface area contributed by atoms with E-state index in [1.807, 2.05) is 13.0 Å². The minimum Gasteiger partial charge on any atom is -0.478 e. The largest absolute Gasteiger partial charge is 0.478 e. The standard InChI is InChI=1S/C17H26O3/c1-3-4-5-6-7-8-11-20-13-16-10-9-15(17(18)19)12-14(16)2/h9-10,12H,3-8,11,13H2,1-2H3,(H,18,19). The molecule has 0 amide bonds. The van der Waals surface area contributed by atoms with E-state index in [2.05, 4.69) is 6.92 Å². The van der Waals surface area contributed by atoms with Crippen molar-refractivity contribution in [1.29, 1.82) is 0 Å². The summed E-state index contributed by atoms with van der Waals surface area (Å²) in [5, 5.41) is 8.90. The van der Waals surface area contributed by atoms with Crippen molar-refractivity contribution in [2.75, 3.05) is 6.61 Å². The second-order valence-electron chi connectivity index (χ2n) is 5.27. The Balaban J connectivity index is 2.20. The van der Waals surface area contributed by atoms with Crippen LogP contribution in [0.25, 0.3) is 0 Å². The van der Waals surface area contributed by atoms with Crippen molar-refractivity contribution >= 4 is 5.97 Å². The number of aromatic carboxylic acids is 1. The van der Waals surface area contributed by atoms with Gasteiger partial charge in [0.05, 0.1) is 12.2 Å². The minimum absolute atomic E-state index is 0.335. The summed E-state index contributed by atoms with van der Waals surface area (Å²) in [5.74, 6) is -0.882. The number of carboxylic acid groups (broad SMARTS) is 1. The monoisotopic (exact) mass is 278 g/mol. The molecule has 0 unspecified atom stereocenters. The molecule has 0 radical (unpaired) electrons. The lowest BCUT2D eigenvalue weighted by atomic mass is 10.1. The maximum Gasteiger partial charge on any atom is 0.335 e. The van der Waals surface area contributed by atoms with Crippen molar-refractivity contribution in [1.82, 2.24) is 0 Å². The van der Waals surface area contributed by atoms with Gasteiger partial charge in [-0.2, -0.15) is 0 Å². The second kappa shape index (κ2) is 9.54. The lowest BCUT2D eigenvalue weighted by molar-refractivity contribution is 0.0696. The Morgan fingerprint density at radius 3 is 2.50 bits per heavy atom. The van der Waals surface area contributed by atoms with Gasteiger partial charge >= 0.3 is 5.97 Å². The number of benzene rings is 1. The van der Waals surface area contributed by atoms with Gasteiger partial charge < -0.3 is 9.84 Å². The molecule has 0 aromatic heterocycles. The van der Waals surface area contributed by atoms with E-state index in [0.29, 0.717) is 12.2 Å². The normalized spacial score (nSPS) is 10.7. The first-order valence-corrected chi connectivity index (χ1v) is 7.55. The van der Waals surface area contributed by atoms with Gasteiger partial charge in [0, 0.05) is 6.61 Å². The zero-order valence-electron chi connectivity index (χ0n) is 12.7. The number of hydrogen-bond donors (Lipinski definition) is 1. The Hall–Kier alpha value is -1.35. The zero-order chi connectivity index (χ0) is 14.8. The molecule has 0 atom stereocenters. The highest BCUT2D eigenvalue weighted by molar-refractivity contribution is 5.87. The third kappa shape index (κ3) is 6.20. The first kappa shape index (κ1) is 16.7. The third-order valence-corrected chi connectivity index (χ3v) is 3.49. The van der Waals surface area contributed by atoms with Crippen molar-refractivity contribution < 1.29 is 14.6 Å². The molecule has 0 saturated heterocycles. The number of carbonyl (C=O) groups is 1. The van der Waals surface area contributed by atoms with E-state index in [1.165, 1.54) is 32.1 Å². The molecule has 1 aromatic rings. The van der Waals surface area contributed by atoms with E-state index in [1.54, 1.807) is 12.1 Å². The van der Waals surface area contributed by atoms with Gasteiger partial charge in [-0.15, -0.1) is 0 Å². The van der Waals surface area contributed by atoms with E-state index < -0.39 is 5.97 Å². The molecule has 3 nitrogen and oxygen atoms in total. The number of unbranched alkanes of at least 4 members (excludes halogenated alkanes) is 5. The van der Waals surface area contributed by atoms with Crippen LogP contribution in [0, 0.1) is 6.92 Å². The highest BCUT2D eigenvalue weighted by Gasteiger charge is 2.05. The van der Waals surface area contributed by atoms with Crippen LogP contribution in [0.1, 0.15) is 66.9 Å². The zero-order valence-corrected chi connectivity index (χ0v) is 12.7. The molecule has 0 bridgehead atoms. The van der Waals surface area contributed by atoms with Crippen LogP contribution in [0.3, 0.4) is 0 Å². The van der Waals surface area contributed by atoms with Gasteiger partial charge in [0.2, 0.25) is 0 Å². The van der Waals surface area contributed by atoms with Crippen molar-refractivity contribution in [3.63, 3.8) is 0 Å². The topological polar surface area (TPSA) is 46.5 Å². The second-order valence-corrected chi connectivity index (χ2v) is 5.27. The summed E-state index contributed by atoms with van der Waals surface area (Å²) in [6, 6.07) is 5.19. The SMILES string of the molecule is CCCCCCCCOCc1ccc(C(=O)O)cc1C. The van der Waals surface area contributed by atoms with Crippen molar-refractivity contribution in [3.05, 3.63) is 34.9 Å². The number of rotatable bonds is 10. The number of aryl methyl sites for hydroxylation is 1. The van der Waals surface area contributed by atoms with Crippen molar-refractivity contribution in [3.8, 4) is 0 Å². The van der Waals surface area contributed by atoms with Gasteiger partial charge in [-0.1, -0.05) is 45.1 Å². The third-order valence-electron chi connectivity index (χ3n) is 3.49. The van der Waals surface area contributed by atoms with Gasteiger partial charge in [0.15, 0.2) is 0 Å². The van der Waals surface area contributed by atoms with Crippen LogP contribution in [0.5, 0.6) is 0 Å². The Bertz CT molecular complexity index is 413. The maximum atomic E-state index is 10.8. The molecule has 3 heteroatoms. The fraction of sp³-hybridized carbons (Fsp3) is 0.588. The number of ether oxygens (including phenoxy) is 1. The van der Waals surface area contributed by atoms with E-state index >= 15 is 0 Å². The molecule has 0 fully saturated rings. The molecule has 1 N–H and O–H groups in total. The highest BCUT2D eigenvalue weighted by atomic mass is 16.5. The molecule has 20 heavy (non-hydrogen) atoms. The van der Waals surface area contributed by atoms with Crippen molar-refractivity contribution in [2.45, 2.75) is 59.0 Å². The Morgan fingerprint density at radius 2 is 1.85 bits per heavy atom. The average Bonchev–Trinajstić information content (AvgIpc) is 2.43. The van der Waals surface area contributed by atoms with E-state index in [9.17, 15) is 4.79 Å². The Kier molecular flexibility index (Phi) is 7.97. The summed E-state index contributed by atoms with van der Waals surface area (Å²) in [4.78, 5) is 10.8. The van der Waals surface area contributed by atoms with Crippen molar-refractivity contribution in [2.24, 2.45) is 0 Å². The fourth-order valence-electron chi connectivity index (χ4n) is 2.16. The van der Waals surface area contributed by atoms with Crippen LogP contribution < -0.4 is 0 Å². The highest BCUT2D eigenvalue weighted by Crippen LogP contribution is 2.13. The van der Waals surface area contributed by atoms with Crippen LogP contribution in [0.2, 0.25) is 0 Å². The molecule has 0 aliphatic carbocycles. The molecule has 0 heterocycles. The van der Waals surface area contributed by atoms with E-state index in [4.69, 9.17) is 9.84 Å². The molecule has 0 aliphatic heterocycles. The quantitative estimate of drug-likeness (QED) is 0.638. The molecule has 1 aromatic carbocycles. The Labute approximate surface area is 122 Å². The number of hydrogen-bond acceptors (Lipinski definition) is 2. The number of carboxylic acids is 1. The predicted octanol–water partition coefficient (Wildman–Crippen LogP) is 4.57. The minimum atomic E-state index is -0.882. The smallest absolute Gasteiger partial charge is 0.335 e. The lowest BCUT2D eigenvalue weighted by Crippen LogP contribution is -2.01. The summed E-state index contributed by atoms with van der Waals surface area (Å²) in [6.45, 7) is 5.50. The van der Waals surface area contributed by atoms with Gasteiger partial charge in [-0.25, -0.2) is 4.79 Å². The maximum absolute atomic E-state index is 10.8. The van der Waals surface area contributed by atoms with Gasteiger partial charge in [-0.05, 0) is 36.6 Å². The van der Waals surface area contributed by atoms with Crippen LogP contribution in [-0.2, 0) is 11.3 Å². The molecular weight excluding hydrogens is 252 g/mol. The Morgan fingerprint density at radius 1 is 1.15 bits per heavy atom. The molecule has 0 spiro atoms. The van der Waals surface area contributed by atoms with E-state index in [0.717, 1.165) is 24.2 Å². The van der Waals surface area contributed by atoms with Crippen LogP contribution in [-0.4, -0.2) is 17.7 Å². The molecule has 0 saturated carbocycles. The molecule has 112 valence electrons. The van der Waals surface area contributed by atoms with Gasteiger partial charge in [0.25, 0.3) is 0 Å². The molecule has 0 aliphatic rings. The first-order chi connectivity index (χ1) is 9.65. The van der Waals surface area contributed by atoms with Gasteiger partial charge in [-0.3, -0.25) is 0 Å². The summed E-state index contributed by atoms with van der Waals surface area (Å²) in [6.07, 6.45) is 7.57. The molecular formula is C17H26O3. The molecule has 1 rings (SSSR count). The fourth-order valence-corrected chi connectivity index (χ4v) is 2.16. The predicted molar refractivity (Wildman–Crippen MR) is 81.2 cm³/mol.